The Morgan fingerprint density at radius 3 is 2.54 bits per heavy atom. The van der Waals surface area contributed by atoms with Crippen LogP contribution in [0.1, 0.15) is 19.3 Å². The first-order chi connectivity index (χ1) is 6.20. The van der Waals surface area contributed by atoms with E-state index in [1.54, 1.807) is 0 Å². The maximum absolute atomic E-state index is 10.8. The minimum absolute atomic E-state index is 0.532. The zero-order valence-electron chi connectivity index (χ0n) is 7.58. The van der Waals surface area contributed by atoms with Gasteiger partial charge in [0.1, 0.15) is 0 Å². The monoisotopic (exact) mass is 183 g/mol. The summed E-state index contributed by atoms with van der Waals surface area (Å²) in [5.41, 5.74) is 4.82. The smallest absolute Gasteiger partial charge is 0.285 e. The van der Waals surface area contributed by atoms with Crippen molar-refractivity contribution in [1.29, 1.82) is 0 Å². The van der Waals surface area contributed by atoms with Crippen LogP contribution in [0.3, 0.4) is 0 Å². The molecule has 4 heteroatoms. The van der Waals surface area contributed by atoms with Gasteiger partial charge in [0.25, 0.3) is 5.91 Å². The van der Waals surface area contributed by atoms with E-state index in [0.29, 0.717) is 12.3 Å². The molecule has 1 heterocycles. The summed E-state index contributed by atoms with van der Waals surface area (Å²) in [4.78, 5) is 21.2. The van der Waals surface area contributed by atoms with Crippen molar-refractivity contribution in [3.63, 3.8) is 0 Å². The van der Waals surface area contributed by atoms with Gasteiger partial charge in [-0.25, -0.2) is 0 Å². The zero-order valence-corrected chi connectivity index (χ0v) is 7.58. The number of rotatable bonds is 4. The fraction of sp³-hybridized carbons (Fsp3) is 0.667. The summed E-state index contributed by atoms with van der Waals surface area (Å²) < 4.78 is 0. The molecule has 0 spiro atoms. The molecule has 1 amide bonds. The molecule has 1 saturated heterocycles. The number of Topliss-reactive ketones (excluding diaryl/α,β-unsaturated/α-hetero) is 1. The number of ketones is 1. The number of nitrogens with two attached hydrogens (primary N) is 1. The van der Waals surface area contributed by atoms with Crippen LogP contribution in [0.15, 0.2) is 0 Å². The lowest BCUT2D eigenvalue weighted by Crippen LogP contribution is -2.29. The molecule has 0 bridgehead atoms. The molecule has 0 aromatic carbocycles. The van der Waals surface area contributed by atoms with Crippen molar-refractivity contribution < 1.29 is 9.59 Å². The number of primary amides is 1. The molecule has 0 unspecified atom stereocenters. The van der Waals surface area contributed by atoms with E-state index < -0.39 is 11.7 Å². The van der Waals surface area contributed by atoms with Crippen molar-refractivity contribution >= 4 is 11.7 Å². The second-order valence-electron chi connectivity index (χ2n) is 3.36. The predicted octanol–water partition coefficient (Wildman–Crippen LogP) is -0.365. The number of carbonyl (C=O) groups is 2. The fourth-order valence-electron chi connectivity index (χ4n) is 1.49. The largest absolute Gasteiger partial charge is 0.363 e. The minimum Gasteiger partial charge on any atom is -0.363 e. The number of amides is 1. The van der Waals surface area contributed by atoms with E-state index in [-0.39, 0.29) is 0 Å². The van der Waals surface area contributed by atoms with Gasteiger partial charge in [-0.05, 0) is 38.3 Å². The summed E-state index contributed by atoms with van der Waals surface area (Å²) in [5, 5.41) is 3.23. The average Bonchev–Trinajstić information content (AvgIpc) is 2.15. The lowest BCUT2D eigenvalue weighted by molar-refractivity contribution is -0.134. The average molecular weight is 183 g/mol. The Kier molecular flexibility index (Phi) is 3.89. The lowest BCUT2D eigenvalue weighted by Gasteiger charge is -2.21. The van der Waals surface area contributed by atoms with Gasteiger partial charge in [-0.1, -0.05) is 0 Å². The van der Waals surface area contributed by atoms with Crippen LogP contribution in [0.4, 0.5) is 0 Å². The van der Waals surface area contributed by atoms with Crippen LogP contribution in [0.5, 0.6) is 0 Å². The normalized spacial score (nSPS) is 18.5. The van der Waals surface area contributed by atoms with Gasteiger partial charge >= 0.3 is 0 Å². The summed E-state index contributed by atoms with van der Waals surface area (Å²) >= 11 is 0. The molecule has 0 atom stereocenters. The molecule has 73 valence electrons. The number of piperidine rings is 1. The molecule has 0 aromatic heterocycles. The maximum Gasteiger partial charge on any atom is 0.285 e. The van der Waals surface area contributed by atoms with Gasteiger partial charge in [-0.15, -0.1) is 0 Å². The predicted molar refractivity (Wildman–Crippen MR) is 48.7 cm³/mol. The number of nitrogens with one attached hydrogen (secondary N) is 1. The second-order valence-corrected chi connectivity index (χ2v) is 3.36. The number of hydrogen-bond acceptors (Lipinski definition) is 3. The van der Waals surface area contributed by atoms with Gasteiger partial charge in [-0.2, -0.15) is 0 Å². The van der Waals surface area contributed by atoms with E-state index in [9.17, 15) is 9.59 Å². The molecule has 1 aliphatic rings. The van der Waals surface area contributed by atoms with Gasteiger partial charge in [0.2, 0.25) is 5.78 Å². The first-order valence-electron chi connectivity index (χ1n) is 4.58. The van der Waals surface area contributed by atoms with Gasteiger partial charge in [0.15, 0.2) is 0 Å². The van der Waals surface area contributed by atoms with Crippen LogP contribution in [0, 0.1) is 12.3 Å². The molecule has 13 heavy (non-hydrogen) atoms. The molecule has 4 nitrogen and oxygen atoms in total. The highest BCUT2D eigenvalue weighted by Gasteiger charge is 2.16. The summed E-state index contributed by atoms with van der Waals surface area (Å²) in [6.45, 7) is 2.01. The van der Waals surface area contributed by atoms with Crippen LogP contribution in [0.25, 0.3) is 0 Å². The number of hydrogen-bond donors (Lipinski definition) is 2. The quantitative estimate of drug-likeness (QED) is 0.584. The van der Waals surface area contributed by atoms with Crippen LogP contribution < -0.4 is 11.1 Å². The molecule has 1 radical (unpaired) electrons. The van der Waals surface area contributed by atoms with Gasteiger partial charge in [-0.3, -0.25) is 9.59 Å². The summed E-state index contributed by atoms with van der Waals surface area (Å²) in [7, 11) is 0. The summed E-state index contributed by atoms with van der Waals surface area (Å²) in [5.74, 6) is -0.878. The molecule has 0 saturated carbocycles. The van der Waals surface area contributed by atoms with E-state index in [0.717, 1.165) is 25.9 Å². The molecule has 1 rings (SSSR count). The van der Waals surface area contributed by atoms with Gasteiger partial charge in [0, 0.05) is 6.42 Å². The molecular formula is C9H15N2O2. The summed E-state index contributed by atoms with van der Waals surface area (Å²) in [6, 6.07) is 0. The van der Waals surface area contributed by atoms with Crippen molar-refractivity contribution in [3.8, 4) is 0 Å². The molecule has 1 aliphatic heterocycles. The van der Waals surface area contributed by atoms with Crippen molar-refractivity contribution in [2.45, 2.75) is 19.3 Å². The Balaban J connectivity index is 2.17. The molecule has 3 N–H and O–H groups in total. The third-order valence-corrected chi connectivity index (χ3v) is 2.34. The van der Waals surface area contributed by atoms with E-state index in [4.69, 9.17) is 5.73 Å². The molecule has 1 fully saturated rings. The van der Waals surface area contributed by atoms with Crippen LogP contribution >= 0.6 is 0 Å². The van der Waals surface area contributed by atoms with E-state index in [2.05, 4.69) is 5.32 Å². The van der Waals surface area contributed by atoms with Crippen molar-refractivity contribution in [1.82, 2.24) is 5.32 Å². The van der Waals surface area contributed by atoms with E-state index >= 15 is 0 Å². The Hall–Kier alpha value is -0.900. The Morgan fingerprint density at radius 2 is 2.00 bits per heavy atom. The third kappa shape index (κ3) is 3.55. The Bertz CT molecular complexity index is 198. The highest BCUT2D eigenvalue weighted by molar-refractivity contribution is 6.38. The van der Waals surface area contributed by atoms with Crippen molar-refractivity contribution in [3.05, 3.63) is 6.42 Å². The SMILES string of the molecule is NC(=O)C(=O)[CH]CC1CCNCC1. The first-order valence-corrected chi connectivity index (χ1v) is 4.58. The topological polar surface area (TPSA) is 72.2 Å². The molecule has 0 aromatic rings. The van der Waals surface area contributed by atoms with Gasteiger partial charge < -0.3 is 11.1 Å². The minimum atomic E-state index is -0.853. The number of carbonyl (C=O) groups excluding carboxylic acids is 2. The second kappa shape index (κ2) is 4.97. The van der Waals surface area contributed by atoms with Crippen molar-refractivity contribution in [2.75, 3.05) is 13.1 Å². The van der Waals surface area contributed by atoms with Crippen LogP contribution in [-0.4, -0.2) is 24.8 Å². The standard InChI is InChI=1S/C9H15N2O2/c10-9(13)8(12)2-1-7-3-5-11-6-4-7/h2,7,11H,1,3-6H2,(H2,10,13). The maximum atomic E-state index is 10.8. The molecular weight excluding hydrogens is 168 g/mol. The van der Waals surface area contributed by atoms with E-state index in [1.165, 1.54) is 6.42 Å². The first kappa shape index (κ1) is 10.2. The van der Waals surface area contributed by atoms with Crippen molar-refractivity contribution in [2.24, 2.45) is 11.7 Å². The highest BCUT2D eigenvalue weighted by atomic mass is 16.2. The van der Waals surface area contributed by atoms with Crippen LogP contribution in [0.2, 0.25) is 0 Å². The Morgan fingerprint density at radius 1 is 1.38 bits per heavy atom. The fourth-order valence-corrected chi connectivity index (χ4v) is 1.49. The lowest BCUT2D eigenvalue weighted by atomic mass is 9.92. The zero-order chi connectivity index (χ0) is 9.68. The molecule has 0 aliphatic carbocycles. The third-order valence-electron chi connectivity index (χ3n) is 2.34. The van der Waals surface area contributed by atoms with Crippen LogP contribution in [-0.2, 0) is 9.59 Å². The Labute approximate surface area is 77.9 Å². The highest BCUT2D eigenvalue weighted by Crippen LogP contribution is 2.16. The van der Waals surface area contributed by atoms with E-state index in [1.807, 2.05) is 0 Å². The summed E-state index contributed by atoms with van der Waals surface area (Å²) in [6.07, 6.45) is 4.24. The van der Waals surface area contributed by atoms with Gasteiger partial charge in [0.05, 0.1) is 0 Å².